The van der Waals surface area contributed by atoms with Crippen LogP contribution in [0.25, 0.3) is 0 Å². The molecule has 1 aliphatic heterocycles. The van der Waals surface area contributed by atoms with Crippen LogP contribution in [0, 0.1) is 6.92 Å². The molecule has 1 aliphatic rings. The summed E-state index contributed by atoms with van der Waals surface area (Å²) in [5, 5.41) is 5.57. The highest BCUT2D eigenvalue weighted by atomic mass is 16.2. The van der Waals surface area contributed by atoms with Crippen molar-refractivity contribution in [2.45, 2.75) is 13.3 Å². The lowest BCUT2D eigenvalue weighted by molar-refractivity contribution is -0.880. The van der Waals surface area contributed by atoms with Crippen molar-refractivity contribution >= 4 is 23.2 Å². The fourth-order valence-electron chi connectivity index (χ4n) is 3.35. The van der Waals surface area contributed by atoms with Crippen LogP contribution in [0.2, 0.25) is 0 Å². The van der Waals surface area contributed by atoms with Gasteiger partial charge in [0.1, 0.15) is 0 Å². The molecular formula is C22H29N4O2+. The number of benzene rings is 2. The molecule has 148 valence electrons. The maximum atomic E-state index is 12.2. The molecule has 0 unspecified atom stereocenters. The number of hydrogen-bond donors (Lipinski definition) is 3. The summed E-state index contributed by atoms with van der Waals surface area (Å²) in [6.45, 7) is 6.33. The van der Waals surface area contributed by atoms with Crippen LogP contribution in [0.15, 0.2) is 48.5 Å². The number of amides is 2. The summed E-state index contributed by atoms with van der Waals surface area (Å²) >= 11 is 0. The van der Waals surface area contributed by atoms with Gasteiger partial charge in [0, 0.05) is 11.4 Å². The lowest BCUT2D eigenvalue weighted by atomic mass is 10.1. The standard InChI is InChI=1S/C22H28N4O2/c1-17-14-19(26-12-10-25(2)11-13-26)8-9-20(17)24-22(28)16-23-21(27)15-18-6-4-3-5-7-18/h3-9,14H,10-13,15-16H2,1-2H3,(H,23,27)(H,24,28)/p+1. The van der Waals surface area contributed by atoms with Crippen molar-refractivity contribution in [2.24, 2.45) is 0 Å². The molecule has 0 spiro atoms. The smallest absolute Gasteiger partial charge is 0.243 e. The van der Waals surface area contributed by atoms with Gasteiger partial charge in [0.2, 0.25) is 11.8 Å². The molecule has 1 heterocycles. The average Bonchev–Trinajstić information content (AvgIpc) is 2.69. The van der Waals surface area contributed by atoms with E-state index in [0.717, 1.165) is 43.0 Å². The number of rotatable bonds is 6. The van der Waals surface area contributed by atoms with Gasteiger partial charge in [-0.15, -0.1) is 0 Å². The number of carbonyl (C=O) groups is 2. The van der Waals surface area contributed by atoms with Crippen molar-refractivity contribution in [1.82, 2.24) is 5.32 Å². The Hall–Kier alpha value is -2.86. The van der Waals surface area contributed by atoms with Gasteiger partial charge in [-0.3, -0.25) is 9.59 Å². The Bertz CT molecular complexity index is 815. The molecule has 2 amide bonds. The Morgan fingerprint density at radius 3 is 2.43 bits per heavy atom. The Kier molecular flexibility index (Phi) is 6.66. The third-order valence-electron chi connectivity index (χ3n) is 5.12. The van der Waals surface area contributed by atoms with Gasteiger partial charge in [-0.25, -0.2) is 0 Å². The molecule has 28 heavy (non-hydrogen) atoms. The summed E-state index contributed by atoms with van der Waals surface area (Å²) < 4.78 is 0. The first kappa shape index (κ1) is 19.9. The Morgan fingerprint density at radius 1 is 1.04 bits per heavy atom. The van der Waals surface area contributed by atoms with Crippen molar-refractivity contribution in [2.75, 3.05) is 50.0 Å². The molecule has 0 aliphatic carbocycles. The van der Waals surface area contributed by atoms with Crippen molar-refractivity contribution in [3.8, 4) is 0 Å². The molecule has 2 aromatic rings. The molecule has 0 atom stereocenters. The van der Waals surface area contributed by atoms with Gasteiger partial charge in [-0.1, -0.05) is 30.3 Å². The third-order valence-corrected chi connectivity index (χ3v) is 5.12. The van der Waals surface area contributed by atoms with E-state index in [-0.39, 0.29) is 24.8 Å². The van der Waals surface area contributed by atoms with Gasteiger partial charge in [0.05, 0.1) is 46.2 Å². The SMILES string of the molecule is Cc1cc(N2CC[NH+](C)CC2)ccc1NC(=O)CNC(=O)Cc1ccccc1. The summed E-state index contributed by atoms with van der Waals surface area (Å²) in [5.74, 6) is -0.383. The number of likely N-dealkylation sites (N-methyl/N-ethyl adjacent to an activating group) is 1. The number of carbonyl (C=O) groups excluding carboxylic acids is 2. The second-order valence-electron chi connectivity index (χ2n) is 7.43. The molecule has 1 saturated heterocycles. The van der Waals surface area contributed by atoms with Crippen LogP contribution in [0.4, 0.5) is 11.4 Å². The van der Waals surface area contributed by atoms with Crippen LogP contribution in [-0.4, -0.2) is 51.6 Å². The lowest BCUT2D eigenvalue weighted by Crippen LogP contribution is -3.12. The number of quaternary nitrogens is 1. The number of piperazine rings is 1. The highest BCUT2D eigenvalue weighted by Crippen LogP contribution is 2.22. The molecule has 6 heteroatoms. The predicted molar refractivity (Wildman–Crippen MR) is 112 cm³/mol. The van der Waals surface area contributed by atoms with E-state index in [1.165, 1.54) is 5.69 Å². The van der Waals surface area contributed by atoms with E-state index in [1.54, 1.807) is 4.90 Å². The van der Waals surface area contributed by atoms with Gasteiger partial charge in [-0.2, -0.15) is 0 Å². The van der Waals surface area contributed by atoms with Crippen molar-refractivity contribution < 1.29 is 14.5 Å². The van der Waals surface area contributed by atoms with Crippen LogP contribution in [0.1, 0.15) is 11.1 Å². The molecule has 0 radical (unpaired) electrons. The molecule has 1 fully saturated rings. The highest BCUT2D eigenvalue weighted by molar-refractivity contribution is 5.95. The van der Waals surface area contributed by atoms with Crippen molar-refractivity contribution in [3.05, 3.63) is 59.7 Å². The normalized spacial score (nSPS) is 14.6. The quantitative estimate of drug-likeness (QED) is 0.688. The third kappa shape index (κ3) is 5.57. The molecular weight excluding hydrogens is 352 g/mol. The van der Waals surface area contributed by atoms with Gasteiger partial charge in [0.25, 0.3) is 0 Å². The summed E-state index contributed by atoms with van der Waals surface area (Å²) in [7, 11) is 2.22. The van der Waals surface area contributed by atoms with E-state index in [4.69, 9.17) is 0 Å². The fraction of sp³-hybridized carbons (Fsp3) is 0.364. The number of nitrogens with one attached hydrogen (secondary N) is 3. The average molecular weight is 382 g/mol. The largest absolute Gasteiger partial charge is 0.360 e. The summed E-state index contributed by atoms with van der Waals surface area (Å²) in [5.41, 5.74) is 3.93. The Morgan fingerprint density at radius 2 is 1.75 bits per heavy atom. The predicted octanol–water partition coefficient (Wildman–Crippen LogP) is 0.627. The van der Waals surface area contributed by atoms with Crippen LogP contribution in [0.3, 0.4) is 0 Å². The van der Waals surface area contributed by atoms with E-state index in [9.17, 15) is 9.59 Å². The lowest BCUT2D eigenvalue weighted by Gasteiger charge is -2.32. The number of anilines is 2. The topological polar surface area (TPSA) is 65.9 Å². The molecule has 0 bridgehead atoms. The first-order chi connectivity index (χ1) is 13.5. The van der Waals surface area contributed by atoms with Crippen molar-refractivity contribution in [1.29, 1.82) is 0 Å². The monoisotopic (exact) mass is 381 g/mol. The number of hydrogen-bond acceptors (Lipinski definition) is 3. The summed E-state index contributed by atoms with van der Waals surface area (Å²) in [4.78, 5) is 28.1. The zero-order chi connectivity index (χ0) is 19.9. The van der Waals surface area contributed by atoms with E-state index in [1.807, 2.05) is 43.3 Å². The van der Waals surface area contributed by atoms with Crippen LogP contribution in [-0.2, 0) is 16.0 Å². The molecule has 2 aromatic carbocycles. The number of aryl methyl sites for hydroxylation is 1. The van der Waals surface area contributed by atoms with Crippen molar-refractivity contribution in [3.63, 3.8) is 0 Å². The number of nitrogens with zero attached hydrogens (tertiary/aromatic N) is 1. The van der Waals surface area contributed by atoms with Crippen LogP contribution in [0.5, 0.6) is 0 Å². The van der Waals surface area contributed by atoms with E-state index >= 15 is 0 Å². The van der Waals surface area contributed by atoms with E-state index in [0.29, 0.717) is 0 Å². The van der Waals surface area contributed by atoms with Crippen LogP contribution >= 0.6 is 0 Å². The van der Waals surface area contributed by atoms with Gasteiger partial charge in [-0.05, 0) is 36.2 Å². The minimum Gasteiger partial charge on any atom is -0.360 e. The first-order valence-corrected chi connectivity index (χ1v) is 9.78. The zero-order valence-corrected chi connectivity index (χ0v) is 16.6. The summed E-state index contributed by atoms with van der Waals surface area (Å²) in [6, 6.07) is 15.6. The minimum atomic E-state index is -0.222. The molecule has 3 N–H and O–H groups in total. The van der Waals surface area contributed by atoms with Crippen LogP contribution < -0.4 is 20.4 Å². The second kappa shape index (κ2) is 9.37. The molecule has 3 rings (SSSR count). The second-order valence-corrected chi connectivity index (χ2v) is 7.43. The van der Waals surface area contributed by atoms with E-state index in [2.05, 4.69) is 34.7 Å². The Labute approximate surface area is 166 Å². The minimum absolute atomic E-state index is 0.0336. The maximum absolute atomic E-state index is 12.2. The highest BCUT2D eigenvalue weighted by Gasteiger charge is 2.17. The Balaban J connectivity index is 1.49. The summed E-state index contributed by atoms with van der Waals surface area (Å²) in [6.07, 6.45) is 0.272. The molecule has 6 nitrogen and oxygen atoms in total. The van der Waals surface area contributed by atoms with Gasteiger partial charge in [0.15, 0.2) is 0 Å². The molecule has 0 saturated carbocycles. The van der Waals surface area contributed by atoms with Gasteiger partial charge < -0.3 is 20.4 Å². The molecule has 0 aromatic heterocycles. The first-order valence-electron chi connectivity index (χ1n) is 9.78. The van der Waals surface area contributed by atoms with E-state index < -0.39 is 0 Å². The zero-order valence-electron chi connectivity index (χ0n) is 16.6. The maximum Gasteiger partial charge on any atom is 0.243 e. The van der Waals surface area contributed by atoms with Gasteiger partial charge >= 0.3 is 0 Å². The fourth-order valence-corrected chi connectivity index (χ4v) is 3.35.